The highest BCUT2D eigenvalue weighted by Gasteiger charge is 2.26. The molecule has 1 N–H and O–H groups in total. The van der Waals surface area contributed by atoms with Gasteiger partial charge in [-0.15, -0.1) is 5.10 Å². The number of anilines is 2. The van der Waals surface area contributed by atoms with Gasteiger partial charge in [0.25, 0.3) is 0 Å². The van der Waals surface area contributed by atoms with Crippen LogP contribution in [0.3, 0.4) is 0 Å². The molecule has 3 rings (SSSR count). The van der Waals surface area contributed by atoms with Crippen LogP contribution >= 0.6 is 0 Å². The summed E-state index contributed by atoms with van der Waals surface area (Å²) in [5.41, 5.74) is 7.21. The molecule has 0 amide bonds. The van der Waals surface area contributed by atoms with Crippen LogP contribution in [0.2, 0.25) is 0 Å². The minimum absolute atomic E-state index is 0.288. The minimum atomic E-state index is -0.417. The maximum atomic E-state index is 12.5. The van der Waals surface area contributed by atoms with E-state index in [-0.39, 0.29) is 5.84 Å². The van der Waals surface area contributed by atoms with Crippen molar-refractivity contribution in [3.63, 3.8) is 0 Å². The van der Waals surface area contributed by atoms with Crippen molar-refractivity contribution >= 4 is 23.2 Å². The molecule has 130 valence electrons. The van der Waals surface area contributed by atoms with E-state index in [1.54, 1.807) is 6.92 Å². The summed E-state index contributed by atoms with van der Waals surface area (Å²) in [5, 5.41) is 4.39. The van der Waals surface area contributed by atoms with Gasteiger partial charge in [0.1, 0.15) is 0 Å². The molecule has 0 bridgehead atoms. The van der Waals surface area contributed by atoms with E-state index < -0.39 is 5.97 Å². The lowest BCUT2D eigenvalue weighted by atomic mass is 10.0. The summed E-state index contributed by atoms with van der Waals surface area (Å²) in [6, 6.07) is 16.0. The van der Waals surface area contributed by atoms with Crippen molar-refractivity contribution in [1.82, 2.24) is 0 Å². The van der Waals surface area contributed by atoms with Gasteiger partial charge in [-0.25, -0.2) is 4.79 Å². The smallest absolute Gasteiger partial charge is 0.376 e. The molecule has 0 aromatic heterocycles. The van der Waals surface area contributed by atoms with Crippen LogP contribution < -0.4 is 10.3 Å². The Balaban J connectivity index is 1.93. The van der Waals surface area contributed by atoms with Gasteiger partial charge in [-0.3, -0.25) is 5.43 Å². The number of hydrogen-bond acceptors (Lipinski definition) is 4. The maximum Gasteiger partial charge on any atom is 0.376 e. The van der Waals surface area contributed by atoms with Crippen molar-refractivity contribution in [2.24, 2.45) is 5.10 Å². The lowest BCUT2D eigenvalue weighted by molar-refractivity contribution is -0.135. The third kappa shape index (κ3) is 3.99. The van der Waals surface area contributed by atoms with Crippen LogP contribution in [0, 0.1) is 6.92 Å². The highest BCUT2D eigenvalue weighted by Crippen LogP contribution is 2.27. The zero-order chi connectivity index (χ0) is 17.6. The van der Waals surface area contributed by atoms with E-state index in [0.29, 0.717) is 6.61 Å². The van der Waals surface area contributed by atoms with Crippen LogP contribution in [-0.4, -0.2) is 25.0 Å². The first-order valence-electron chi connectivity index (χ1n) is 8.62. The molecule has 0 aliphatic carbocycles. The normalized spacial score (nSPS) is 14.0. The van der Waals surface area contributed by atoms with Gasteiger partial charge in [0.15, 0.2) is 0 Å². The van der Waals surface area contributed by atoms with Gasteiger partial charge < -0.3 is 9.64 Å². The summed E-state index contributed by atoms with van der Waals surface area (Å²) in [6.07, 6.45) is 1.98. The van der Waals surface area contributed by atoms with Crippen molar-refractivity contribution in [3.8, 4) is 0 Å². The average Bonchev–Trinajstić information content (AvgIpc) is 2.62. The van der Waals surface area contributed by atoms with Crippen molar-refractivity contribution in [2.45, 2.75) is 26.7 Å². The van der Waals surface area contributed by atoms with Gasteiger partial charge in [-0.2, -0.15) is 0 Å². The molecule has 0 atom stereocenters. The molecule has 2 aromatic rings. The second-order valence-corrected chi connectivity index (χ2v) is 6.02. The molecule has 0 saturated heterocycles. The van der Waals surface area contributed by atoms with Crippen LogP contribution in [0.4, 0.5) is 11.4 Å². The zero-order valence-electron chi connectivity index (χ0n) is 14.7. The number of amidine groups is 1. The van der Waals surface area contributed by atoms with Crippen LogP contribution in [-0.2, 0) is 16.0 Å². The predicted molar refractivity (Wildman–Crippen MR) is 101 cm³/mol. The summed E-state index contributed by atoms with van der Waals surface area (Å²) in [6.45, 7) is 4.87. The predicted octanol–water partition coefficient (Wildman–Crippen LogP) is 3.74. The molecular formula is C20H23N3O2. The zero-order valence-corrected chi connectivity index (χ0v) is 14.7. The number of rotatable bonds is 3. The number of hydrazone groups is 1. The molecule has 0 unspecified atom stereocenters. The number of aryl methyl sites for hydroxylation is 2. The van der Waals surface area contributed by atoms with Crippen LogP contribution in [0.1, 0.15) is 24.5 Å². The first kappa shape index (κ1) is 17.0. The summed E-state index contributed by atoms with van der Waals surface area (Å²) < 4.78 is 5.23. The van der Waals surface area contributed by atoms with Gasteiger partial charge in [0.05, 0.1) is 12.3 Å². The molecule has 5 nitrogen and oxygen atoms in total. The molecule has 25 heavy (non-hydrogen) atoms. The fourth-order valence-electron chi connectivity index (χ4n) is 3.00. The second kappa shape index (κ2) is 7.83. The van der Waals surface area contributed by atoms with E-state index in [4.69, 9.17) is 4.74 Å². The molecule has 0 spiro atoms. The number of para-hydroxylation sites is 1. The SMILES string of the molecule is CCOC(=O)/C(=N/Nc1cccc(C)c1)N1CCCc2ccccc21. The number of nitrogens with zero attached hydrogens (tertiary/aromatic N) is 2. The molecule has 1 aliphatic heterocycles. The van der Waals surface area contributed by atoms with Gasteiger partial charge in [-0.05, 0) is 56.0 Å². The van der Waals surface area contributed by atoms with E-state index in [9.17, 15) is 4.79 Å². The molecule has 1 heterocycles. The van der Waals surface area contributed by atoms with E-state index in [1.165, 1.54) is 5.56 Å². The van der Waals surface area contributed by atoms with Gasteiger partial charge in [0, 0.05) is 12.2 Å². The van der Waals surface area contributed by atoms with Crippen LogP contribution in [0.15, 0.2) is 53.6 Å². The minimum Gasteiger partial charge on any atom is -0.460 e. The average molecular weight is 337 g/mol. The fourth-order valence-corrected chi connectivity index (χ4v) is 3.00. The van der Waals surface area contributed by atoms with Crippen LogP contribution in [0.5, 0.6) is 0 Å². The Kier molecular flexibility index (Phi) is 5.33. The van der Waals surface area contributed by atoms with E-state index >= 15 is 0 Å². The Morgan fingerprint density at radius 3 is 2.88 bits per heavy atom. The monoisotopic (exact) mass is 337 g/mol. The molecule has 1 aliphatic rings. The number of benzene rings is 2. The van der Waals surface area contributed by atoms with E-state index in [1.807, 2.05) is 54.3 Å². The molecule has 5 heteroatoms. The molecule has 0 radical (unpaired) electrons. The Bertz CT molecular complexity index is 786. The van der Waals surface area contributed by atoms with E-state index in [2.05, 4.69) is 16.6 Å². The first-order valence-corrected chi connectivity index (χ1v) is 8.62. The summed E-state index contributed by atoms with van der Waals surface area (Å²) in [5.74, 6) is -0.130. The second-order valence-electron chi connectivity index (χ2n) is 6.02. The molecular weight excluding hydrogens is 314 g/mol. The fraction of sp³-hybridized carbons (Fsp3) is 0.300. The van der Waals surface area contributed by atoms with Crippen molar-refractivity contribution in [1.29, 1.82) is 0 Å². The van der Waals surface area contributed by atoms with E-state index in [0.717, 1.165) is 36.3 Å². The summed E-state index contributed by atoms with van der Waals surface area (Å²) in [7, 11) is 0. The largest absolute Gasteiger partial charge is 0.460 e. The number of nitrogens with one attached hydrogen (secondary N) is 1. The molecule has 2 aromatic carbocycles. The third-order valence-corrected chi connectivity index (χ3v) is 4.13. The van der Waals surface area contributed by atoms with Crippen molar-refractivity contribution in [3.05, 3.63) is 59.7 Å². The van der Waals surface area contributed by atoms with Gasteiger partial charge >= 0.3 is 5.97 Å². The highest BCUT2D eigenvalue weighted by atomic mass is 16.5. The van der Waals surface area contributed by atoms with Crippen LogP contribution in [0.25, 0.3) is 0 Å². The number of carbonyl (C=O) groups is 1. The third-order valence-electron chi connectivity index (χ3n) is 4.13. The number of fused-ring (bicyclic) bond motifs is 1. The Morgan fingerprint density at radius 2 is 2.08 bits per heavy atom. The summed E-state index contributed by atoms with van der Waals surface area (Å²) in [4.78, 5) is 14.4. The van der Waals surface area contributed by atoms with Crippen molar-refractivity contribution < 1.29 is 9.53 Å². The van der Waals surface area contributed by atoms with Gasteiger partial charge in [0.2, 0.25) is 5.84 Å². The molecule has 0 saturated carbocycles. The standard InChI is InChI=1S/C20H23N3O2/c1-3-25-20(24)19(22-21-17-11-6-8-15(2)14-17)23-13-7-10-16-9-4-5-12-18(16)23/h4-6,8-9,11-12,14,21H,3,7,10,13H2,1-2H3/b22-19-. The maximum absolute atomic E-state index is 12.5. The Morgan fingerprint density at radius 1 is 1.24 bits per heavy atom. The van der Waals surface area contributed by atoms with Gasteiger partial charge in [-0.1, -0.05) is 30.3 Å². The number of hydrogen-bond donors (Lipinski definition) is 1. The lowest BCUT2D eigenvalue weighted by Gasteiger charge is -2.30. The molecule has 0 fully saturated rings. The summed E-state index contributed by atoms with van der Waals surface area (Å²) >= 11 is 0. The topological polar surface area (TPSA) is 53.9 Å². The first-order chi connectivity index (χ1) is 12.2. The lowest BCUT2D eigenvalue weighted by Crippen LogP contribution is -2.41. The Labute approximate surface area is 148 Å². The Hall–Kier alpha value is -2.82. The number of carbonyl (C=O) groups excluding carboxylic acids is 1. The number of esters is 1. The quantitative estimate of drug-likeness (QED) is 0.401. The van der Waals surface area contributed by atoms with Crippen molar-refractivity contribution in [2.75, 3.05) is 23.5 Å². The highest BCUT2D eigenvalue weighted by molar-refractivity contribution is 6.41. The number of ether oxygens (including phenoxy) is 1.